The number of hydrogen-bond donors (Lipinski definition) is 1. The molecular weight excluding hydrogens is 241 g/mol. The number of nitrogens with one attached hydrogen (secondary N) is 1. The lowest BCUT2D eigenvalue weighted by molar-refractivity contribution is 0.619. The van der Waals surface area contributed by atoms with E-state index in [2.05, 4.69) is 10.3 Å². The molecule has 0 spiro atoms. The fourth-order valence-corrected chi connectivity index (χ4v) is 1.83. The summed E-state index contributed by atoms with van der Waals surface area (Å²) in [6.45, 7) is 1.33. The Bertz CT molecular complexity index is 576. The first-order valence-electron chi connectivity index (χ1n) is 6.07. The molecule has 0 fully saturated rings. The van der Waals surface area contributed by atoms with Gasteiger partial charge in [-0.2, -0.15) is 5.26 Å². The van der Waals surface area contributed by atoms with Crippen LogP contribution < -0.4 is 5.32 Å². The van der Waals surface area contributed by atoms with E-state index in [9.17, 15) is 4.39 Å². The maximum absolute atomic E-state index is 13.2. The maximum Gasteiger partial charge on any atom is 0.124 e. The molecule has 1 aromatic carbocycles. The molecule has 0 aliphatic rings. The van der Waals surface area contributed by atoms with Gasteiger partial charge in [0.15, 0.2) is 0 Å². The summed E-state index contributed by atoms with van der Waals surface area (Å²) in [6, 6.07) is 10.2. The number of nitrogens with zero attached hydrogens (tertiary/aromatic N) is 2. The predicted molar refractivity (Wildman–Crippen MR) is 70.8 cm³/mol. The van der Waals surface area contributed by atoms with Gasteiger partial charge in [0.1, 0.15) is 5.82 Å². The smallest absolute Gasteiger partial charge is 0.124 e. The van der Waals surface area contributed by atoms with Crippen LogP contribution in [0.1, 0.15) is 16.7 Å². The molecule has 2 aromatic rings. The van der Waals surface area contributed by atoms with Gasteiger partial charge in [-0.1, -0.05) is 6.07 Å². The summed E-state index contributed by atoms with van der Waals surface area (Å²) in [5.74, 6) is -0.372. The van der Waals surface area contributed by atoms with Crippen molar-refractivity contribution in [3.63, 3.8) is 0 Å². The molecule has 2 rings (SSSR count). The molecule has 3 nitrogen and oxygen atoms in total. The summed E-state index contributed by atoms with van der Waals surface area (Å²) in [7, 11) is 0. The minimum absolute atomic E-state index is 0.351. The van der Waals surface area contributed by atoms with Crippen molar-refractivity contribution < 1.29 is 4.39 Å². The Morgan fingerprint density at radius 1 is 1.26 bits per heavy atom. The van der Waals surface area contributed by atoms with Crippen LogP contribution in [-0.4, -0.2) is 11.5 Å². The lowest BCUT2D eigenvalue weighted by Gasteiger charge is -2.05. The van der Waals surface area contributed by atoms with Crippen molar-refractivity contribution in [1.82, 2.24) is 10.3 Å². The van der Waals surface area contributed by atoms with Crippen molar-refractivity contribution in [1.29, 1.82) is 5.26 Å². The van der Waals surface area contributed by atoms with Gasteiger partial charge in [0.2, 0.25) is 0 Å². The molecule has 0 saturated carbocycles. The topological polar surface area (TPSA) is 48.7 Å². The average Bonchev–Trinajstić information content (AvgIpc) is 2.44. The normalized spacial score (nSPS) is 10.1. The van der Waals surface area contributed by atoms with Crippen LogP contribution in [0.3, 0.4) is 0 Å². The maximum atomic E-state index is 13.2. The Balaban J connectivity index is 1.83. The standard InChI is InChI=1S/C15H14FN3/c16-15-7-13(9-17)6-14(8-15)11-19-5-3-12-2-1-4-18-10-12/h1-2,4,6-8,10,19H,3,5,11H2. The van der Waals surface area contributed by atoms with E-state index in [-0.39, 0.29) is 5.82 Å². The molecule has 1 N–H and O–H groups in total. The number of rotatable bonds is 5. The molecule has 0 unspecified atom stereocenters. The van der Waals surface area contributed by atoms with Gasteiger partial charge >= 0.3 is 0 Å². The number of aromatic nitrogens is 1. The molecule has 0 bridgehead atoms. The highest BCUT2D eigenvalue weighted by Gasteiger charge is 2.00. The minimum atomic E-state index is -0.372. The van der Waals surface area contributed by atoms with E-state index in [1.165, 1.54) is 12.1 Å². The Morgan fingerprint density at radius 3 is 2.89 bits per heavy atom. The zero-order chi connectivity index (χ0) is 13.5. The van der Waals surface area contributed by atoms with E-state index in [0.29, 0.717) is 12.1 Å². The Hall–Kier alpha value is -2.25. The van der Waals surface area contributed by atoms with E-state index >= 15 is 0 Å². The number of halogens is 1. The molecule has 0 saturated heterocycles. The van der Waals surface area contributed by atoms with Gasteiger partial charge in [-0.15, -0.1) is 0 Å². The highest BCUT2D eigenvalue weighted by atomic mass is 19.1. The van der Waals surface area contributed by atoms with Crippen LogP contribution in [0.5, 0.6) is 0 Å². The first kappa shape index (κ1) is 13.2. The molecule has 4 heteroatoms. The van der Waals surface area contributed by atoms with Crippen molar-refractivity contribution >= 4 is 0 Å². The molecule has 96 valence electrons. The van der Waals surface area contributed by atoms with Gasteiger partial charge in [0.25, 0.3) is 0 Å². The fraction of sp³-hybridized carbons (Fsp3) is 0.200. The zero-order valence-corrected chi connectivity index (χ0v) is 10.4. The molecule has 0 aliphatic heterocycles. The third kappa shape index (κ3) is 4.16. The van der Waals surface area contributed by atoms with Crippen LogP contribution in [0, 0.1) is 17.1 Å². The summed E-state index contributed by atoms with van der Waals surface area (Å²) in [5, 5.41) is 12.0. The van der Waals surface area contributed by atoms with Gasteiger partial charge in [0, 0.05) is 18.9 Å². The third-order valence-corrected chi connectivity index (χ3v) is 2.73. The summed E-state index contributed by atoms with van der Waals surface area (Å²) < 4.78 is 13.2. The third-order valence-electron chi connectivity index (χ3n) is 2.73. The predicted octanol–water partition coefficient (Wildman–Crippen LogP) is 2.42. The van der Waals surface area contributed by atoms with E-state index in [4.69, 9.17) is 5.26 Å². The van der Waals surface area contributed by atoms with Gasteiger partial charge in [-0.05, 0) is 48.4 Å². The Kier molecular flexibility index (Phi) is 4.60. The quantitative estimate of drug-likeness (QED) is 0.835. The van der Waals surface area contributed by atoms with Crippen molar-refractivity contribution in [3.05, 3.63) is 65.2 Å². The van der Waals surface area contributed by atoms with Crippen molar-refractivity contribution in [3.8, 4) is 6.07 Å². The molecule has 0 amide bonds. The molecule has 0 radical (unpaired) electrons. The summed E-state index contributed by atoms with van der Waals surface area (Å²) >= 11 is 0. The number of pyridine rings is 1. The number of benzene rings is 1. The second-order valence-corrected chi connectivity index (χ2v) is 4.25. The number of nitriles is 1. The monoisotopic (exact) mass is 255 g/mol. The summed E-state index contributed by atoms with van der Waals surface area (Å²) in [6.07, 6.45) is 4.44. The highest BCUT2D eigenvalue weighted by Crippen LogP contribution is 2.08. The van der Waals surface area contributed by atoms with Crippen LogP contribution in [0.4, 0.5) is 4.39 Å². The molecule has 1 heterocycles. The van der Waals surface area contributed by atoms with Crippen molar-refractivity contribution in [2.24, 2.45) is 0 Å². The zero-order valence-electron chi connectivity index (χ0n) is 10.4. The average molecular weight is 255 g/mol. The molecule has 0 atom stereocenters. The fourth-order valence-electron chi connectivity index (χ4n) is 1.83. The van der Waals surface area contributed by atoms with Crippen molar-refractivity contribution in [2.45, 2.75) is 13.0 Å². The second-order valence-electron chi connectivity index (χ2n) is 4.25. The number of hydrogen-bond acceptors (Lipinski definition) is 3. The van der Waals surface area contributed by atoms with Crippen LogP contribution in [0.25, 0.3) is 0 Å². The largest absolute Gasteiger partial charge is 0.312 e. The van der Waals surface area contributed by atoms with Crippen molar-refractivity contribution in [2.75, 3.05) is 6.54 Å². The summed E-state index contributed by atoms with van der Waals surface area (Å²) in [4.78, 5) is 4.04. The van der Waals surface area contributed by atoms with Crippen LogP contribution in [0.2, 0.25) is 0 Å². The minimum Gasteiger partial charge on any atom is -0.312 e. The molecule has 19 heavy (non-hydrogen) atoms. The molecule has 1 aromatic heterocycles. The van der Waals surface area contributed by atoms with E-state index in [1.807, 2.05) is 24.4 Å². The van der Waals surface area contributed by atoms with E-state index in [1.54, 1.807) is 12.3 Å². The van der Waals surface area contributed by atoms with Gasteiger partial charge in [-0.3, -0.25) is 4.98 Å². The van der Waals surface area contributed by atoms with Crippen LogP contribution >= 0.6 is 0 Å². The first-order chi connectivity index (χ1) is 9.28. The SMILES string of the molecule is N#Cc1cc(F)cc(CNCCc2cccnc2)c1. The van der Waals surface area contributed by atoms with Gasteiger partial charge < -0.3 is 5.32 Å². The Labute approximate surface area is 111 Å². The van der Waals surface area contributed by atoms with E-state index < -0.39 is 0 Å². The Morgan fingerprint density at radius 2 is 2.16 bits per heavy atom. The lowest BCUT2D eigenvalue weighted by Crippen LogP contribution is -2.16. The molecule has 0 aliphatic carbocycles. The van der Waals surface area contributed by atoms with E-state index in [0.717, 1.165) is 24.1 Å². The van der Waals surface area contributed by atoms with Crippen LogP contribution in [-0.2, 0) is 13.0 Å². The summed E-state index contributed by atoms with van der Waals surface area (Å²) in [5.41, 5.74) is 2.29. The molecular formula is C15H14FN3. The van der Waals surface area contributed by atoms with Gasteiger partial charge in [-0.25, -0.2) is 4.39 Å². The second kappa shape index (κ2) is 6.62. The van der Waals surface area contributed by atoms with Gasteiger partial charge in [0.05, 0.1) is 11.6 Å². The highest BCUT2D eigenvalue weighted by molar-refractivity contribution is 5.33. The lowest BCUT2D eigenvalue weighted by atomic mass is 10.1. The van der Waals surface area contributed by atoms with Crippen LogP contribution in [0.15, 0.2) is 42.7 Å². The first-order valence-corrected chi connectivity index (χ1v) is 6.07.